The van der Waals surface area contributed by atoms with Crippen molar-refractivity contribution >= 4 is 43.9 Å². The van der Waals surface area contributed by atoms with Crippen LogP contribution < -0.4 is 9.04 Å². The van der Waals surface area contributed by atoms with E-state index in [9.17, 15) is 8.42 Å². The predicted octanol–water partition coefficient (Wildman–Crippen LogP) is 4.72. The molecule has 4 rings (SSSR count). The van der Waals surface area contributed by atoms with Crippen LogP contribution in [0.4, 0.5) is 11.5 Å². The van der Waals surface area contributed by atoms with Gasteiger partial charge >= 0.3 is 0 Å². The fourth-order valence-corrected chi connectivity index (χ4v) is 4.61. The van der Waals surface area contributed by atoms with Crippen LogP contribution in [0, 0.1) is 6.92 Å². The van der Waals surface area contributed by atoms with Crippen molar-refractivity contribution < 1.29 is 17.7 Å². The number of methoxy groups -OCH3 is 1. The first-order valence-electron chi connectivity index (χ1n) is 8.55. The molecule has 0 saturated carbocycles. The van der Waals surface area contributed by atoms with Crippen molar-refractivity contribution in [1.82, 2.24) is 10.1 Å². The summed E-state index contributed by atoms with van der Waals surface area (Å²) in [5.74, 6) is 0.386. The van der Waals surface area contributed by atoms with E-state index in [1.54, 1.807) is 49.6 Å². The number of pyridine rings is 1. The number of benzene rings is 2. The lowest BCUT2D eigenvalue weighted by molar-refractivity contribution is 0.414. The molecule has 148 valence electrons. The summed E-state index contributed by atoms with van der Waals surface area (Å²) in [4.78, 5) is 4.15. The maximum absolute atomic E-state index is 13.7. The van der Waals surface area contributed by atoms with Gasteiger partial charge in [0.2, 0.25) is 0 Å². The van der Waals surface area contributed by atoms with Gasteiger partial charge in [0.15, 0.2) is 5.82 Å². The van der Waals surface area contributed by atoms with Crippen molar-refractivity contribution in [2.24, 2.45) is 0 Å². The first-order valence-corrected chi connectivity index (χ1v) is 10.4. The van der Waals surface area contributed by atoms with Crippen LogP contribution in [0.15, 0.2) is 70.5 Å². The van der Waals surface area contributed by atoms with Crippen molar-refractivity contribution in [3.63, 3.8) is 0 Å². The van der Waals surface area contributed by atoms with E-state index in [2.05, 4.69) is 10.1 Å². The number of fused-ring (bicyclic) bond motifs is 1. The molecule has 7 nitrogen and oxygen atoms in total. The molecule has 0 saturated heterocycles. The number of halogens is 1. The molecule has 0 spiro atoms. The number of anilines is 2. The molecule has 29 heavy (non-hydrogen) atoms. The smallest absolute Gasteiger partial charge is 0.270 e. The summed E-state index contributed by atoms with van der Waals surface area (Å²) in [6, 6.07) is 11.3. The Morgan fingerprint density at radius 2 is 1.93 bits per heavy atom. The molecule has 0 aliphatic heterocycles. The summed E-state index contributed by atoms with van der Waals surface area (Å²) in [5.41, 5.74) is 0.967. The van der Waals surface area contributed by atoms with E-state index in [4.69, 9.17) is 20.9 Å². The second-order valence-electron chi connectivity index (χ2n) is 6.28. The molecule has 0 aliphatic carbocycles. The molecule has 0 N–H and O–H groups in total. The molecule has 9 heteroatoms. The van der Waals surface area contributed by atoms with Crippen molar-refractivity contribution in [3.05, 3.63) is 71.7 Å². The number of nitrogens with zero attached hydrogens (tertiary/aromatic N) is 3. The minimum Gasteiger partial charge on any atom is -0.494 e. The highest BCUT2D eigenvalue weighted by atomic mass is 35.5. The van der Waals surface area contributed by atoms with E-state index in [0.717, 1.165) is 15.1 Å². The minimum absolute atomic E-state index is 0.0915. The number of aryl methyl sites for hydroxylation is 1. The summed E-state index contributed by atoms with van der Waals surface area (Å²) in [5, 5.41) is 5.89. The first-order chi connectivity index (χ1) is 13.9. The molecule has 2 heterocycles. The Morgan fingerprint density at radius 3 is 2.66 bits per heavy atom. The van der Waals surface area contributed by atoms with E-state index in [0.29, 0.717) is 10.6 Å². The molecule has 4 aromatic rings. The van der Waals surface area contributed by atoms with Gasteiger partial charge in [-0.1, -0.05) is 22.8 Å². The summed E-state index contributed by atoms with van der Waals surface area (Å²) >= 11 is 6.20. The maximum atomic E-state index is 13.7. The molecular formula is C20H16ClN3O4S. The number of hydrogen-bond acceptors (Lipinski definition) is 6. The lowest BCUT2D eigenvalue weighted by atomic mass is 10.2. The molecule has 0 unspecified atom stereocenters. The Hall–Kier alpha value is -3.10. The van der Waals surface area contributed by atoms with Gasteiger partial charge in [0.05, 0.1) is 12.0 Å². The molecule has 2 aromatic heterocycles. The third-order valence-corrected chi connectivity index (χ3v) is 6.58. The number of ether oxygens (including phenoxy) is 1. The Morgan fingerprint density at radius 1 is 1.10 bits per heavy atom. The van der Waals surface area contributed by atoms with Crippen molar-refractivity contribution in [1.29, 1.82) is 0 Å². The molecule has 0 atom stereocenters. The van der Waals surface area contributed by atoms with E-state index in [1.165, 1.54) is 25.5 Å². The lowest BCUT2D eigenvalue weighted by Crippen LogP contribution is -2.27. The SMILES string of the molecule is COc1cc(Cl)c(C)cc1N(c1ccon1)S(=O)(=O)c1ccc2cnccc2c1. The highest BCUT2D eigenvalue weighted by Gasteiger charge is 2.31. The number of rotatable bonds is 5. The summed E-state index contributed by atoms with van der Waals surface area (Å²) < 4.78 is 38.8. The highest BCUT2D eigenvalue weighted by molar-refractivity contribution is 7.93. The third-order valence-electron chi connectivity index (χ3n) is 4.46. The van der Waals surface area contributed by atoms with Crippen LogP contribution in [0.2, 0.25) is 5.02 Å². The van der Waals surface area contributed by atoms with E-state index >= 15 is 0 Å². The second-order valence-corrected chi connectivity index (χ2v) is 8.48. The van der Waals surface area contributed by atoms with Crippen LogP contribution in [-0.2, 0) is 10.0 Å². The standard InChI is InChI=1S/C20H16ClN3O4S/c1-13-9-18(19(27-2)11-17(13)21)24(20-6-8-28-23-20)29(25,26)16-4-3-15-12-22-7-5-14(15)10-16/h3-12H,1-2H3. The van der Waals surface area contributed by atoms with Crippen LogP contribution in [0.1, 0.15) is 5.56 Å². The first kappa shape index (κ1) is 19.2. The van der Waals surface area contributed by atoms with Crippen LogP contribution in [0.3, 0.4) is 0 Å². The fraction of sp³-hybridized carbons (Fsp3) is 0.100. The van der Waals surface area contributed by atoms with Gasteiger partial charge in [0, 0.05) is 34.9 Å². The number of hydrogen-bond donors (Lipinski definition) is 0. The molecule has 2 aromatic carbocycles. The third kappa shape index (κ3) is 3.41. The Kier molecular flexibility index (Phi) is 4.89. The van der Waals surface area contributed by atoms with Crippen LogP contribution in [0.5, 0.6) is 5.75 Å². The molecule has 0 radical (unpaired) electrons. The summed E-state index contributed by atoms with van der Waals surface area (Å²) in [6.07, 6.45) is 4.59. The highest BCUT2D eigenvalue weighted by Crippen LogP contribution is 2.40. The zero-order valence-electron chi connectivity index (χ0n) is 15.5. The van der Waals surface area contributed by atoms with Gasteiger partial charge in [-0.25, -0.2) is 12.7 Å². The van der Waals surface area contributed by atoms with Gasteiger partial charge in [0.25, 0.3) is 10.0 Å². The van der Waals surface area contributed by atoms with Gasteiger partial charge in [-0.3, -0.25) is 4.98 Å². The monoisotopic (exact) mass is 429 g/mol. The topological polar surface area (TPSA) is 85.5 Å². The zero-order valence-corrected chi connectivity index (χ0v) is 17.1. The summed E-state index contributed by atoms with van der Waals surface area (Å²) in [6.45, 7) is 1.78. The Labute approximate surface area is 172 Å². The zero-order chi connectivity index (χ0) is 20.6. The summed E-state index contributed by atoms with van der Waals surface area (Å²) in [7, 11) is -2.62. The normalized spacial score (nSPS) is 11.6. The second kappa shape index (κ2) is 7.38. The number of aromatic nitrogens is 2. The van der Waals surface area contributed by atoms with E-state index in [1.807, 2.05) is 0 Å². The molecule has 0 bridgehead atoms. The van der Waals surface area contributed by atoms with E-state index < -0.39 is 10.0 Å². The van der Waals surface area contributed by atoms with Gasteiger partial charge in [-0.15, -0.1) is 0 Å². The average Bonchev–Trinajstić information content (AvgIpc) is 3.24. The van der Waals surface area contributed by atoms with Crippen LogP contribution in [0.25, 0.3) is 10.8 Å². The predicted molar refractivity (Wildman–Crippen MR) is 110 cm³/mol. The molecule has 0 amide bonds. The van der Waals surface area contributed by atoms with Gasteiger partial charge in [-0.05, 0) is 42.1 Å². The van der Waals surface area contributed by atoms with Crippen LogP contribution in [-0.4, -0.2) is 25.7 Å². The van der Waals surface area contributed by atoms with Gasteiger partial charge in [-0.2, -0.15) is 0 Å². The van der Waals surface area contributed by atoms with Crippen molar-refractivity contribution in [3.8, 4) is 5.75 Å². The van der Waals surface area contributed by atoms with Gasteiger partial charge in [0.1, 0.15) is 17.7 Å². The fourth-order valence-electron chi connectivity index (χ4n) is 2.98. The van der Waals surface area contributed by atoms with Crippen molar-refractivity contribution in [2.75, 3.05) is 11.4 Å². The van der Waals surface area contributed by atoms with Gasteiger partial charge < -0.3 is 9.26 Å². The Bertz CT molecular complexity index is 1290. The van der Waals surface area contributed by atoms with E-state index in [-0.39, 0.29) is 22.2 Å². The minimum atomic E-state index is -4.06. The molecular weight excluding hydrogens is 414 g/mol. The van der Waals surface area contributed by atoms with Crippen LogP contribution >= 0.6 is 11.6 Å². The number of sulfonamides is 1. The maximum Gasteiger partial charge on any atom is 0.270 e. The Balaban J connectivity index is 1.96. The largest absolute Gasteiger partial charge is 0.494 e. The quantitative estimate of drug-likeness (QED) is 0.456. The van der Waals surface area contributed by atoms with Crippen molar-refractivity contribution in [2.45, 2.75) is 11.8 Å². The molecule has 0 fully saturated rings. The average molecular weight is 430 g/mol. The lowest BCUT2D eigenvalue weighted by Gasteiger charge is -2.24. The molecule has 0 aliphatic rings.